The van der Waals surface area contributed by atoms with Gasteiger partial charge in [-0.25, -0.2) is 0 Å². The minimum atomic E-state index is 0.783. The molecule has 2 aliphatic heterocycles. The molecule has 1 saturated carbocycles. The summed E-state index contributed by atoms with van der Waals surface area (Å²) in [5.41, 5.74) is 0. The number of hydrogen-bond donors (Lipinski definition) is 1. The zero-order chi connectivity index (χ0) is 12.9. The van der Waals surface area contributed by atoms with Crippen LogP contribution < -0.4 is 5.32 Å². The minimum absolute atomic E-state index is 0.783. The van der Waals surface area contributed by atoms with E-state index in [4.69, 9.17) is 4.74 Å². The minimum Gasteiger partial charge on any atom is -0.379 e. The zero-order valence-corrected chi connectivity index (χ0v) is 12.1. The van der Waals surface area contributed by atoms with E-state index in [1.165, 1.54) is 58.3 Å². The van der Waals surface area contributed by atoms with E-state index in [9.17, 15) is 0 Å². The number of nitrogens with one attached hydrogen (secondary N) is 1. The van der Waals surface area contributed by atoms with Crippen molar-refractivity contribution in [3.63, 3.8) is 0 Å². The third kappa shape index (κ3) is 3.69. The Balaban J connectivity index is 1.40. The molecule has 1 aliphatic carbocycles. The summed E-state index contributed by atoms with van der Waals surface area (Å²) in [7, 11) is 0. The van der Waals surface area contributed by atoms with Crippen molar-refractivity contribution in [2.45, 2.75) is 44.2 Å². The maximum absolute atomic E-state index is 5.41. The van der Waals surface area contributed by atoms with Gasteiger partial charge in [-0.2, -0.15) is 0 Å². The average Bonchev–Trinajstić information content (AvgIpc) is 2.49. The molecule has 4 heteroatoms. The van der Waals surface area contributed by atoms with E-state index in [0.29, 0.717) is 0 Å². The van der Waals surface area contributed by atoms with Crippen LogP contribution in [0.5, 0.6) is 0 Å². The van der Waals surface area contributed by atoms with Crippen molar-refractivity contribution in [3.05, 3.63) is 0 Å². The highest BCUT2D eigenvalue weighted by Gasteiger charge is 2.32. The average molecular weight is 267 g/mol. The van der Waals surface area contributed by atoms with Gasteiger partial charge in [-0.1, -0.05) is 12.8 Å². The number of nitrogens with zero attached hydrogens (tertiary/aromatic N) is 2. The second-order valence-corrected chi connectivity index (χ2v) is 6.26. The lowest BCUT2D eigenvalue weighted by Crippen LogP contribution is -2.59. The van der Waals surface area contributed by atoms with Crippen LogP contribution in [0.1, 0.15) is 32.1 Å². The summed E-state index contributed by atoms with van der Waals surface area (Å²) in [6.07, 6.45) is 6.99. The van der Waals surface area contributed by atoms with Gasteiger partial charge >= 0.3 is 0 Å². The molecule has 0 amide bonds. The van der Waals surface area contributed by atoms with Crippen LogP contribution in [0.3, 0.4) is 0 Å². The van der Waals surface area contributed by atoms with Gasteiger partial charge in [-0.3, -0.25) is 9.80 Å². The Bertz CT molecular complexity index is 266. The third-order valence-electron chi connectivity index (χ3n) is 5.03. The lowest BCUT2D eigenvalue weighted by molar-refractivity contribution is 0.0325. The fraction of sp³-hybridized carbons (Fsp3) is 1.00. The molecule has 3 fully saturated rings. The van der Waals surface area contributed by atoms with E-state index < -0.39 is 0 Å². The highest BCUT2D eigenvalue weighted by Crippen LogP contribution is 2.25. The summed E-state index contributed by atoms with van der Waals surface area (Å²) >= 11 is 0. The van der Waals surface area contributed by atoms with Crippen LogP contribution in [0.25, 0.3) is 0 Å². The second-order valence-electron chi connectivity index (χ2n) is 6.26. The predicted octanol–water partition coefficient (Wildman–Crippen LogP) is 0.925. The Morgan fingerprint density at radius 1 is 1.00 bits per heavy atom. The molecule has 110 valence electrons. The number of fused-ring (bicyclic) bond motifs is 1. The van der Waals surface area contributed by atoms with Gasteiger partial charge in [0, 0.05) is 38.3 Å². The molecular formula is C15H29N3O. The second kappa shape index (κ2) is 7.02. The first kappa shape index (κ1) is 13.8. The SMILES string of the molecule is C1CC[C@H]2NCCN(CCCN3CCOCC3)[C@@H]2C1. The molecule has 2 saturated heterocycles. The number of morpholine rings is 1. The maximum atomic E-state index is 5.41. The molecule has 0 bridgehead atoms. The van der Waals surface area contributed by atoms with Crippen molar-refractivity contribution in [1.82, 2.24) is 15.1 Å². The largest absolute Gasteiger partial charge is 0.379 e. The quantitative estimate of drug-likeness (QED) is 0.820. The zero-order valence-electron chi connectivity index (χ0n) is 12.1. The molecule has 0 aromatic heterocycles. The van der Waals surface area contributed by atoms with Crippen LogP contribution in [-0.4, -0.2) is 74.4 Å². The highest BCUT2D eigenvalue weighted by molar-refractivity contribution is 4.92. The molecule has 0 spiro atoms. The first-order valence-corrected chi connectivity index (χ1v) is 8.21. The standard InChI is InChI=1S/C15H29N3O/c1-2-5-15-14(4-1)16-6-9-18(15)8-3-7-17-10-12-19-13-11-17/h14-16H,1-13H2/t14-,15-/m1/s1. The number of hydrogen-bond acceptors (Lipinski definition) is 4. The summed E-state index contributed by atoms with van der Waals surface area (Å²) in [6, 6.07) is 1.61. The van der Waals surface area contributed by atoms with Gasteiger partial charge in [0.25, 0.3) is 0 Å². The number of piperazine rings is 1. The van der Waals surface area contributed by atoms with Crippen LogP contribution >= 0.6 is 0 Å². The number of rotatable bonds is 4. The smallest absolute Gasteiger partial charge is 0.0594 e. The van der Waals surface area contributed by atoms with Gasteiger partial charge in [0.05, 0.1) is 13.2 Å². The molecule has 2 atom stereocenters. The Morgan fingerprint density at radius 2 is 1.84 bits per heavy atom. The van der Waals surface area contributed by atoms with Crippen LogP contribution in [0.4, 0.5) is 0 Å². The van der Waals surface area contributed by atoms with E-state index in [2.05, 4.69) is 15.1 Å². The van der Waals surface area contributed by atoms with Crippen molar-refractivity contribution in [1.29, 1.82) is 0 Å². The van der Waals surface area contributed by atoms with Gasteiger partial charge in [0.15, 0.2) is 0 Å². The Kier molecular flexibility index (Phi) is 5.10. The van der Waals surface area contributed by atoms with E-state index in [1.807, 2.05) is 0 Å². The lowest BCUT2D eigenvalue weighted by Gasteiger charge is -2.45. The molecule has 19 heavy (non-hydrogen) atoms. The van der Waals surface area contributed by atoms with Crippen LogP contribution in [-0.2, 0) is 4.74 Å². The van der Waals surface area contributed by atoms with Crippen LogP contribution in [0.2, 0.25) is 0 Å². The van der Waals surface area contributed by atoms with Crippen molar-refractivity contribution in [2.24, 2.45) is 0 Å². The van der Waals surface area contributed by atoms with Crippen molar-refractivity contribution in [3.8, 4) is 0 Å². The lowest BCUT2D eigenvalue weighted by atomic mass is 9.87. The summed E-state index contributed by atoms with van der Waals surface area (Å²) in [4.78, 5) is 5.32. The van der Waals surface area contributed by atoms with E-state index >= 15 is 0 Å². The molecule has 0 aromatic rings. The number of ether oxygens (including phenoxy) is 1. The van der Waals surface area contributed by atoms with Gasteiger partial charge < -0.3 is 10.1 Å². The predicted molar refractivity (Wildman–Crippen MR) is 77.5 cm³/mol. The fourth-order valence-electron chi connectivity index (χ4n) is 3.95. The molecule has 0 radical (unpaired) electrons. The summed E-state index contributed by atoms with van der Waals surface area (Å²) in [6.45, 7) is 9.12. The van der Waals surface area contributed by atoms with Gasteiger partial charge in [-0.15, -0.1) is 0 Å². The molecule has 2 heterocycles. The van der Waals surface area contributed by atoms with Gasteiger partial charge in [0.2, 0.25) is 0 Å². The Hall–Kier alpha value is -0.160. The highest BCUT2D eigenvalue weighted by atomic mass is 16.5. The Labute approximate surface area is 117 Å². The molecular weight excluding hydrogens is 238 g/mol. The molecule has 0 aromatic carbocycles. The monoisotopic (exact) mass is 267 g/mol. The van der Waals surface area contributed by atoms with E-state index in [1.54, 1.807) is 0 Å². The first-order valence-electron chi connectivity index (χ1n) is 8.21. The van der Waals surface area contributed by atoms with Gasteiger partial charge in [0.1, 0.15) is 0 Å². The molecule has 0 unspecified atom stereocenters. The molecule has 1 N–H and O–H groups in total. The molecule has 3 aliphatic rings. The first-order chi connectivity index (χ1) is 9.43. The van der Waals surface area contributed by atoms with Crippen molar-refractivity contribution < 1.29 is 4.74 Å². The fourth-order valence-corrected chi connectivity index (χ4v) is 3.95. The summed E-state index contributed by atoms with van der Waals surface area (Å²) < 4.78 is 5.41. The van der Waals surface area contributed by atoms with Crippen molar-refractivity contribution in [2.75, 3.05) is 52.5 Å². The van der Waals surface area contributed by atoms with E-state index in [0.717, 1.165) is 38.4 Å². The van der Waals surface area contributed by atoms with E-state index in [-0.39, 0.29) is 0 Å². The summed E-state index contributed by atoms with van der Waals surface area (Å²) in [5.74, 6) is 0. The third-order valence-corrected chi connectivity index (χ3v) is 5.03. The topological polar surface area (TPSA) is 27.7 Å². The molecule has 3 rings (SSSR count). The van der Waals surface area contributed by atoms with Crippen LogP contribution in [0.15, 0.2) is 0 Å². The normalized spacial score (nSPS) is 34.1. The van der Waals surface area contributed by atoms with Crippen LogP contribution in [0, 0.1) is 0 Å². The van der Waals surface area contributed by atoms with Gasteiger partial charge in [-0.05, 0) is 32.4 Å². The Morgan fingerprint density at radius 3 is 2.74 bits per heavy atom. The molecule has 4 nitrogen and oxygen atoms in total. The summed E-state index contributed by atoms with van der Waals surface area (Å²) in [5, 5.41) is 3.72. The maximum Gasteiger partial charge on any atom is 0.0594 e. The van der Waals surface area contributed by atoms with Crippen molar-refractivity contribution >= 4 is 0 Å².